The highest BCUT2D eigenvalue weighted by Crippen LogP contribution is 2.25. The van der Waals surface area contributed by atoms with Gasteiger partial charge in [0.1, 0.15) is 12.7 Å². The van der Waals surface area contributed by atoms with Crippen molar-refractivity contribution in [1.29, 1.82) is 0 Å². The Morgan fingerprint density at radius 3 is 2.00 bits per heavy atom. The van der Waals surface area contributed by atoms with Crippen molar-refractivity contribution in [3.05, 3.63) is 71.8 Å². The summed E-state index contributed by atoms with van der Waals surface area (Å²) >= 11 is 0. The highest BCUT2D eigenvalue weighted by Gasteiger charge is 2.15. The van der Waals surface area contributed by atoms with Gasteiger partial charge in [-0.3, -0.25) is 9.59 Å². The minimum absolute atomic E-state index is 0.0482. The van der Waals surface area contributed by atoms with Crippen LogP contribution in [0.15, 0.2) is 60.7 Å². The molecule has 0 atom stereocenters. The second-order valence-corrected chi connectivity index (χ2v) is 5.71. The summed E-state index contributed by atoms with van der Waals surface area (Å²) in [7, 11) is 0. The van der Waals surface area contributed by atoms with Gasteiger partial charge >= 0.3 is 5.97 Å². The number of hydrogen-bond acceptors (Lipinski definition) is 3. The maximum Gasteiger partial charge on any atom is 0.303 e. The van der Waals surface area contributed by atoms with Crippen molar-refractivity contribution >= 4 is 11.9 Å². The van der Waals surface area contributed by atoms with Gasteiger partial charge in [-0.2, -0.15) is 0 Å². The number of nitrogens with one attached hydrogen (secondary N) is 1. The van der Waals surface area contributed by atoms with Crippen LogP contribution in [0.1, 0.15) is 36.5 Å². The summed E-state index contributed by atoms with van der Waals surface area (Å²) in [5.74, 6) is -1.02. The van der Waals surface area contributed by atoms with Gasteiger partial charge in [0.05, 0.1) is 0 Å². The number of carbonyl (C=O) groups excluding carboxylic acids is 1. The Morgan fingerprint density at radius 1 is 0.920 bits per heavy atom. The molecular formula is C20H23NO4. The molecule has 5 nitrogen and oxygen atoms in total. The summed E-state index contributed by atoms with van der Waals surface area (Å²) in [6, 6.07) is 19.5. The van der Waals surface area contributed by atoms with E-state index in [1.54, 1.807) is 0 Å². The summed E-state index contributed by atoms with van der Waals surface area (Å²) < 4.78 is 5.87. The molecule has 0 spiro atoms. The van der Waals surface area contributed by atoms with Gasteiger partial charge in [0.2, 0.25) is 5.91 Å². The van der Waals surface area contributed by atoms with E-state index < -0.39 is 5.97 Å². The second kappa shape index (κ2) is 10.3. The van der Waals surface area contributed by atoms with E-state index in [0.717, 1.165) is 11.1 Å². The molecule has 0 saturated carbocycles. The molecule has 0 heterocycles. The van der Waals surface area contributed by atoms with Gasteiger partial charge < -0.3 is 15.2 Å². The van der Waals surface area contributed by atoms with Crippen LogP contribution >= 0.6 is 0 Å². The van der Waals surface area contributed by atoms with E-state index in [4.69, 9.17) is 9.84 Å². The Hall–Kier alpha value is -2.66. The molecule has 2 rings (SSSR count). The van der Waals surface area contributed by atoms with Gasteiger partial charge in [0.15, 0.2) is 0 Å². The molecule has 1 amide bonds. The SMILES string of the molecule is O=C(O)CCCCNC(=O)COC(c1ccccc1)c1ccccc1. The van der Waals surface area contributed by atoms with E-state index in [1.807, 2.05) is 60.7 Å². The highest BCUT2D eigenvalue weighted by atomic mass is 16.5. The highest BCUT2D eigenvalue weighted by molar-refractivity contribution is 5.77. The summed E-state index contributed by atoms with van der Waals surface area (Å²) in [6.45, 7) is 0.407. The van der Waals surface area contributed by atoms with Crippen LogP contribution in [0.25, 0.3) is 0 Å². The Labute approximate surface area is 147 Å². The molecule has 0 unspecified atom stereocenters. The molecule has 0 fully saturated rings. The number of benzene rings is 2. The maximum absolute atomic E-state index is 12.0. The lowest BCUT2D eigenvalue weighted by Crippen LogP contribution is -2.29. The number of carboxylic acids is 1. The first kappa shape index (κ1) is 18.7. The fraction of sp³-hybridized carbons (Fsp3) is 0.300. The molecule has 2 N–H and O–H groups in total. The Balaban J connectivity index is 1.86. The van der Waals surface area contributed by atoms with Crippen molar-refractivity contribution in [1.82, 2.24) is 5.32 Å². The lowest BCUT2D eigenvalue weighted by molar-refractivity contribution is -0.137. The number of carboxylic acid groups (broad SMARTS) is 1. The molecule has 0 aliphatic rings. The topological polar surface area (TPSA) is 75.6 Å². The number of hydrogen-bond donors (Lipinski definition) is 2. The van der Waals surface area contributed by atoms with Crippen LogP contribution < -0.4 is 5.32 Å². The van der Waals surface area contributed by atoms with E-state index in [2.05, 4.69) is 5.32 Å². The molecule has 25 heavy (non-hydrogen) atoms. The van der Waals surface area contributed by atoms with Gasteiger partial charge in [0, 0.05) is 13.0 Å². The van der Waals surface area contributed by atoms with Crippen LogP contribution in [0.3, 0.4) is 0 Å². The summed E-state index contributed by atoms with van der Waals surface area (Å²) in [4.78, 5) is 22.4. The lowest BCUT2D eigenvalue weighted by atomic mass is 10.0. The molecule has 0 aliphatic carbocycles. The largest absolute Gasteiger partial charge is 0.481 e. The predicted octanol–water partition coefficient (Wildman–Crippen LogP) is 3.16. The van der Waals surface area contributed by atoms with E-state index in [9.17, 15) is 9.59 Å². The van der Waals surface area contributed by atoms with E-state index in [1.165, 1.54) is 0 Å². The molecule has 0 radical (unpaired) electrons. The smallest absolute Gasteiger partial charge is 0.303 e. The molecular weight excluding hydrogens is 318 g/mol. The van der Waals surface area contributed by atoms with Crippen LogP contribution in [-0.2, 0) is 14.3 Å². The first-order valence-corrected chi connectivity index (χ1v) is 8.37. The van der Waals surface area contributed by atoms with Crippen LogP contribution in [-0.4, -0.2) is 30.1 Å². The number of ether oxygens (including phenoxy) is 1. The van der Waals surface area contributed by atoms with Gasteiger partial charge in [0.25, 0.3) is 0 Å². The molecule has 0 saturated heterocycles. The van der Waals surface area contributed by atoms with Crippen molar-refractivity contribution in [3.63, 3.8) is 0 Å². The Morgan fingerprint density at radius 2 is 1.48 bits per heavy atom. The molecule has 5 heteroatoms. The van der Waals surface area contributed by atoms with Crippen molar-refractivity contribution in [2.24, 2.45) is 0 Å². The number of carbonyl (C=O) groups is 2. The van der Waals surface area contributed by atoms with Gasteiger partial charge in [-0.25, -0.2) is 0 Å². The zero-order valence-corrected chi connectivity index (χ0v) is 14.1. The van der Waals surface area contributed by atoms with Crippen molar-refractivity contribution in [2.45, 2.75) is 25.4 Å². The predicted molar refractivity (Wildman–Crippen MR) is 95.2 cm³/mol. The van der Waals surface area contributed by atoms with Gasteiger partial charge in [-0.05, 0) is 24.0 Å². The fourth-order valence-electron chi connectivity index (χ4n) is 2.48. The maximum atomic E-state index is 12.0. The van der Waals surface area contributed by atoms with Gasteiger partial charge in [-0.15, -0.1) is 0 Å². The van der Waals surface area contributed by atoms with E-state index in [-0.39, 0.29) is 25.0 Å². The second-order valence-electron chi connectivity index (χ2n) is 5.71. The van der Waals surface area contributed by atoms with Crippen molar-refractivity contribution < 1.29 is 19.4 Å². The molecule has 0 bridgehead atoms. The third-order valence-corrected chi connectivity index (χ3v) is 3.73. The lowest BCUT2D eigenvalue weighted by Gasteiger charge is -2.18. The van der Waals surface area contributed by atoms with Crippen LogP contribution in [0.4, 0.5) is 0 Å². The number of rotatable bonds is 10. The monoisotopic (exact) mass is 341 g/mol. The Bertz CT molecular complexity index is 618. The third-order valence-electron chi connectivity index (χ3n) is 3.73. The van der Waals surface area contributed by atoms with Crippen LogP contribution in [0.2, 0.25) is 0 Å². The number of aliphatic carboxylic acids is 1. The van der Waals surface area contributed by atoms with Crippen molar-refractivity contribution in [2.75, 3.05) is 13.2 Å². The van der Waals surface area contributed by atoms with E-state index in [0.29, 0.717) is 19.4 Å². The Kier molecular flexibility index (Phi) is 7.66. The minimum Gasteiger partial charge on any atom is -0.481 e. The number of amides is 1. The zero-order chi connectivity index (χ0) is 17.9. The summed E-state index contributed by atoms with van der Waals surface area (Å²) in [5.41, 5.74) is 1.98. The molecule has 0 aliphatic heterocycles. The minimum atomic E-state index is -0.816. The zero-order valence-electron chi connectivity index (χ0n) is 14.1. The average Bonchev–Trinajstić information content (AvgIpc) is 2.63. The molecule has 132 valence electrons. The number of unbranched alkanes of at least 4 members (excludes halogenated alkanes) is 1. The first-order chi connectivity index (χ1) is 12.2. The average molecular weight is 341 g/mol. The first-order valence-electron chi connectivity index (χ1n) is 8.37. The summed E-state index contributed by atoms with van der Waals surface area (Å²) in [5, 5.41) is 11.3. The quantitative estimate of drug-likeness (QED) is 0.651. The third kappa shape index (κ3) is 6.77. The fourth-order valence-corrected chi connectivity index (χ4v) is 2.48. The summed E-state index contributed by atoms with van der Waals surface area (Å²) in [6.07, 6.45) is 1.00. The van der Waals surface area contributed by atoms with Gasteiger partial charge in [-0.1, -0.05) is 60.7 Å². The molecule has 2 aromatic carbocycles. The normalized spacial score (nSPS) is 10.6. The van der Waals surface area contributed by atoms with Crippen LogP contribution in [0.5, 0.6) is 0 Å². The van der Waals surface area contributed by atoms with Crippen molar-refractivity contribution in [3.8, 4) is 0 Å². The van der Waals surface area contributed by atoms with E-state index >= 15 is 0 Å². The molecule has 0 aromatic heterocycles. The van der Waals surface area contributed by atoms with Crippen LogP contribution in [0, 0.1) is 0 Å². The molecule has 2 aromatic rings. The standard InChI is InChI=1S/C20H23NO4/c22-18(21-14-8-7-13-19(23)24)15-25-20(16-9-3-1-4-10-16)17-11-5-2-6-12-17/h1-6,9-12,20H,7-8,13-15H2,(H,21,22)(H,23,24).